The highest BCUT2D eigenvalue weighted by molar-refractivity contribution is 5.76. The van der Waals surface area contributed by atoms with Crippen molar-refractivity contribution in [2.45, 2.75) is 51.7 Å². The summed E-state index contributed by atoms with van der Waals surface area (Å²) in [6.45, 7) is 9.17. The summed E-state index contributed by atoms with van der Waals surface area (Å²) in [4.78, 5) is 13.8. The summed E-state index contributed by atoms with van der Waals surface area (Å²) in [5.41, 5.74) is 7.66. The number of primary amides is 1. The fourth-order valence-electron chi connectivity index (χ4n) is 3.67. The van der Waals surface area contributed by atoms with Crippen molar-refractivity contribution in [2.24, 2.45) is 11.7 Å². The van der Waals surface area contributed by atoms with Gasteiger partial charge in [-0.2, -0.15) is 0 Å². The number of nitrogens with zero attached hydrogens (tertiary/aromatic N) is 1. The third-order valence-corrected chi connectivity index (χ3v) is 5.22. The zero-order chi connectivity index (χ0) is 17.3. The maximum atomic E-state index is 11.3. The van der Waals surface area contributed by atoms with E-state index in [0.29, 0.717) is 6.04 Å². The lowest BCUT2D eigenvalue weighted by Crippen LogP contribution is -2.43. The quantitative estimate of drug-likeness (QED) is 0.889. The highest BCUT2D eigenvalue weighted by Gasteiger charge is 2.28. The summed E-state index contributed by atoms with van der Waals surface area (Å²) < 4.78 is 6.01. The average molecular weight is 331 g/mol. The first-order valence-corrected chi connectivity index (χ1v) is 8.93. The fraction of sp³-hybridized carbons (Fsp3) is 0.632. The number of anilines is 1. The van der Waals surface area contributed by atoms with Gasteiger partial charge in [-0.15, -0.1) is 0 Å². The molecular formula is C19H29N3O2. The van der Waals surface area contributed by atoms with Crippen molar-refractivity contribution in [3.63, 3.8) is 0 Å². The van der Waals surface area contributed by atoms with Gasteiger partial charge in [0.25, 0.3) is 0 Å². The van der Waals surface area contributed by atoms with E-state index in [4.69, 9.17) is 10.5 Å². The molecule has 1 aromatic carbocycles. The Hall–Kier alpha value is -1.75. The number of fused-ring (bicyclic) bond motifs is 1. The first-order chi connectivity index (χ1) is 11.3. The Morgan fingerprint density at radius 2 is 2.12 bits per heavy atom. The van der Waals surface area contributed by atoms with Crippen LogP contribution < -0.4 is 15.8 Å². The summed E-state index contributed by atoms with van der Waals surface area (Å²) >= 11 is 0. The van der Waals surface area contributed by atoms with E-state index in [-0.39, 0.29) is 17.4 Å². The van der Waals surface area contributed by atoms with Gasteiger partial charge in [0, 0.05) is 12.0 Å². The van der Waals surface area contributed by atoms with Gasteiger partial charge < -0.3 is 20.7 Å². The first-order valence-electron chi connectivity index (χ1n) is 8.93. The maximum absolute atomic E-state index is 11.3. The number of nitrogens with one attached hydrogen (secondary N) is 1. The van der Waals surface area contributed by atoms with E-state index in [9.17, 15) is 4.79 Å². The molecule has 3 N–H and O–H groups in total. The third-order valence-electron chi connectivity index (χ3n) is 5.22. The first kappa shape index (κ1) is 17.1. The molecule has 0 bridgehead atoms. The van der Waals surface area contributed by atoms with Gasteiger partial charge in [-0.1, -0.05) is 6.07 Å². The largest absolute Gasteiger partial charge is 0.484 e. The molecule has 5 heteroatoms. The van der Waals surface area contributed by atoms with E-state index in [0.717, 1.165) is 50.3 Å². The fourth-order valence-corrected chi connectivity index (χ4v) is 3.67. The Morgan fingerprint density at radius 1 is 1.42 bits per heavy atom. The Bertz CT molecular complexity index is 607. The van der Waals surface area contributed by atoms with Crippen molar-refractivity contribution in [2.75, 3.05) is 25.0 Å². The van der Waals surface area contributed by atoms with Gasteiger partial charge in [-0.05, 0) is 70.8 Å². The summed E-state index contributed by atoms with van der Waals surface area (Å²) in [7, 11) is 0. The van der Waals surface area contributed by atoms with E-state index in [1.165, 1.54) is 5.56 Å². The molecule has 1 fully saturated rings. The van der Waals surface area contributed by atoms with Crippen molar-refractivity contribution in [3.05, 3.63) is 23.8 Å². The lowest BCUT2D eigenvalue weighted by atomic mass is 9.94. The predicted octanol–water partition coefficient (Wildman–Crippen LogP) is 2.40. The minimum Gasteiger partial charge on any atom is -0.484 e. The molecule has 132 valence electrons. The minimum absolute atomic E-state index is 0.0573. The van der Waals surface area contributed by atoms with E-state index < -0.39 is 0 Å². The molecule has 2 heterocycles. The number of amides is 1. The highest BCUT2D eigenvalue weighted by Crippen LogP contribution is 2.34. The smallest absolute Gasteiger partial charge is 0.220 e. The number of ether oxygens (including phenoxy) is 1. The maximum Gasteiger partial charge on any atom is 0.220 e. The molecule has 2 aliphatic rings. The number of piperidine rings is 1. The molecule has 1 atom stereocenters. The van der Waals surface area contributed by atoms with Crippen LogP contribution in [0.4, 0.5) is 5.69 Å². The van der Waals surface area contributed by atoms with E-state index in [1.54, 1.807) is 0 Å². The van der Waals surface area contributed by atoms with Crippen molar-refractivity contribution >= 4 is 11.6 Å². The van der Waals surface area contributed by atoms with Gasteiger partial charge in [0.1, 0.15) is 11.4 Å². The van der Waals surface area contributed by atoms with Crippen molar-refractivity contribution in [1.29, 1.82) is 0 Å². The number of carbonyl (C=O) groups is 1. The van der Waals surface area contributed by atoms with Crippen LogP contribution >= 0.6 is 0 Å². The number of rotatable bonds is 4. The molecule has 1 unspecified atom stereocenters. The van der Waals surface area contributed by atoms with Crippen molar-refractivity contribution in [3.8, 4) is 5.75 Å². The third kappa shape index (κ3) is 3.83. The highest BCUT2D eigenvalue weighted by atomic mass is 16.5. The molecule has 1 amide bonds. The van der Waals surface area contributed by atoms with E-state index in [1.807, 2.05) is 0 Å². The van der Waals surface area contributed by atoms with Gasteiger partial charge in [0.05, 0.1) is 12.2 Å². The molecule has 0 aliphatic carbocycles. The molecule has 24 heavy (non-hydrogen) atoms. The molecule has 1 saturated heterocycles. The van der Waals surface area contributed by atoms with Crippen LogP contribution in [0, 0.1) is 5.92 Å². The topological polar surface area (TPSA) is 67.6 Å². The lowest BCUT2D eigenvalue weighted by Gasteiger charge is -2.36. The molecule has 3 rings (SSSR count). The van der Waals surface area contributed by atoms with Crippen molar-refractivity contribution < 1.29 is 9.53 Å². The molecule has 5 nitrogen and oxygen atoms in total. The second kappa shape index (κ2) is 6.63. The molecule has 0 radical (unpaired) electrons. The van der Waals surface area contributed by atoms with Crippen LogP contribution in [0.2, 0.25) is 0 Å². The minimum atomic E-state index is -0.160. The van der Waals surface area contributed by atoms with Crippen LogP contribution in [0.5, 0.6) is 5.75 Å². The van der Waals surface area contributed by atoms with Gasteiger partial charge in [0.2, 0.25) is 5.91 Å². The Labute approximate surface area is 144 Å². The van der Waals surface area contributed by atoms with Crippen LogP contribution in [0.3, 0.4) is 0 Å². The molecule has 0 saturated carbocycles. The van der Waals surface area contributed by atoms with Gasteiger partial charge >= 0.3 is 0 Å². The molecule has 0 aromatic heterocycles. The van der Waals surface area contributed by atoms with Crippen LogP contribution in [0.1, 0.15) is 39.2 Å². The van der Waals surface area contributed by atoms with Crippen LogP contribution in [-0.2, 0) is 11.2 Å². The monoisotopic (exact) mass is 331 g/mol. The number of hydrogen-bond donors (Lipinski definition) is 2. The standard InChI is InChI=1S/C19H29N3O2/c1-13(22-8-6-15(7-9-22)18(20)23)10-14-4-5-17-16(11-14)21-12-19(2,3)24-17/h4-5,11,13,15,21H,6-10,12H2,1-3H3,(H2,20,23). The predicted molar refractivity (Wildman–Crippen MR) is 96.3 cm³/mol. The summed E-state index contributed by atoms with van der Waals surface area (Å²) in [6.07, 6.45) is 2.77. The van der Waals surface area contributed by atoms with Crippen LogP contribution in [-0.4, -0.2) is 42.1 Å². The number of carbonyl (C=O) groups excluding carboxylic acids is 1. The number of likely N-dealkylation sites (tertiary alicyclic amines) is 1. The van der Waals surface area contributed by atoms with Crippen LogP contribution in [0.15, 0.2) is 18.2 Å². The zero-order valence-corrected chi connectivity index (χ0v) is 15.0. The molecule has 2 aliphatic heterocycles. The molecule has 0 spiro atoms. The Balaban J connectivity index is 1.59. The Morgan fingerprint density at radius 3 is 2.79 bits per heavy atom. The van der Waals surface area contributed by atoms with Crippen molar-refractivity contribution in [1.82, 2.24) is 4.90 Å². The molecular weight excluding hydrogens is 302 g/mol. The second-order valence-electron chi connectivity index (χ2n) is 7.81. The Kier molecular flexibility index (Phi) is 4.72. The zero-order valence-electron chi connectivity index (χ0n) is 15.0. The van der Waals surface area contributed by atoms with E-state index >= 15 is 0 Å². The van der Waals surface area contributed by atoms with Gasteiger partial charge in [0.15, 0.2) is 0 Å². The van der Waals surface area contributed by atoms with Gasteiger partial charge in [-0.3, -0.25) is 4.79 Å². The van der Waals surface area contributed by atoms with E-state index in [2.05, 4.69) is 49.2 Å². The van der Waals surface area contributed by atoms with Crippen LogP contribution in [0.25, 0.3) is 0 Å². The number of nitrogens with two attached hydrogens (primary N) is 1. The summed E-state index contributed by atoms with van der Waals surface area (Å²) in [5.74, 6) is 0.845. The number of hydrogen-bond acceptors (Lipinski definition) is 4. The second-order valence-corrected chi connectivity index (χ2v) is 7.81. The summed E-state index contributed by atoms with van der Waals surface area (Å²) in [6, 6.07) is 6.90. The average Bonchev–Trinajstić information content (AvgIpc) is 2.54. The normalized spacial score (nSPS) is 22.1. The van der Waals surface area contributed by atoms with Gasteiger partial charge in [-0.25, -0.2) is 0 Å². The summed E-state index contributed by atoms with van der Waals surface area (Å²) in [5, 5.41) is 3.47. The molecule has 1 aromatic rings. The number of benzene rings is 1. The lowest BCUT2D eigenvalue weighted by molar-refractivity contribution is -0.123. The SMILES string of the molecule is CC(Cc1ccc2c(c1)NCC(C)(C)O2)N1CCC(C(N)=O)CC1.